The Labute approximate surface area is 202 Å². The lowest BCUT2D eigenvalue weighted by Crippen LogP contribution is -2.24. The zero-order valence-corrected chi connectivity index (χ0v) is 20.4. The Bertz CT molecular complexity index is 1170. The molecule has 3 aromatic carbocycles. The van der Waals surface area contributed by atoms with Crippen molar-refractivity contribution < 1.29 is 19.2 Å². The summed E-state index contributed by atoms with van der Waals surface area (Å²) in [6.45, 7) is -0.0220. The van der Waals surface area contributed by atoms with Gasteiger partial charge in [0.05, 0.1) is 15.0 Å². The largest absolute Gasteiger partial charge is 0.421 e. The minimum Gasteiger partial charge on any atom is -0.421 e. The van der Waals surface area contributed by atoms with Crippen LogP contribution >= 0.6 is 47.8 Å². The first-order valence-corrected chi connectivity index (χ1v) is 11.1. The molecule has 0 heterocycles. The van der Waals surface area contributed by atoms with E-state index >= 15 is 0 Å². The van der Waals surface area contributed by atoms with Crippen LogP contribution < -0.4 is 10.1 Å². The number of rotatable bonds is 6. The third kappa shape index (κ3) is 5.78. The minimum atomic E-state index is -0.617. The van der Waals surface area contributed by atoms with Crippen molar-refractivity contribution in [3.05, 3.63) is 101 Å². The first kappa shape index (κ1) is 23.1. The molecule has 1 N–H and O–H groups in total. The molecule has 0 atom stereocenters. The van der Waals surface area contributed by atoms with Crippen molar-refractivity contribution >= 4 is 65.4 Å². The predicted molar refractivity (Wildman–Crippen MR) is 125 cm³/mol. The van der Waals surface area contributed by atoms with Gasteiger partial charge in [-0.2, -0.15) is 0 Å². The Morgan fingerprint density at radius 3 is 2.32 bits per heavy atom. The molecule has 0 saturated carbocycles. The lowest BCUT2D eigenvalue weighted by Gasteiger charge is -2.14. The Hall–Kier alpha value is -2.56. The Kier molecular flexibility index (Phi) is 7.58. The Morgan fingerprint density at radius 1 is 0.968 bits per heavy atom. The molecule has 0 aromatic heterocycles. The second-order valence-electron chi connectivity index (χ2n) is 6.23. The molecule has 158 valence electrons. The normalized spacial score (nSPS) is 10.4. The van der Waals surface area contributed by atoms with Crippen molar-refractivity contribution in [1.82, 2.24) is 5.32 Å². The molecule has 0 radical (unpaired) electrons. The number of nitrogens with one attached hydrogen (secondary N) is 1. The van der Waals surface area contributed by atoms with Gasteiger partial charge in [0.15, 0.2) is 0 Å². The van der Waals surface area contributed by atoms with E-state index in [0.717, 1.165) is 4.47 Å². The number of carbonyl (C=O) groups is 2. The fourth-order valence-electron chi connectivity index (χ4n) is 2.69. The van der Waals surface area contributed by atoms with Crippen LogP contribution in [0.3, 0.4) is 0 Å². The number of amides is 1. The SMILES string of the molecule is O=C(Oc1c(Br)cc(Br)cc1CNC(=O)c1ccccc1[N+](=O)[O-])c1ccc(Br)cc1. The summed E-state index contributed by atoms with van der Waals surface area (Å²) in [6.07, 6.45) is 0. The lowest BCUT2D eigenvalue weighted by molar-refractivity contribution is -0.385. The average Bonchev–Trinajstić information content (AvgIpc) is 2.74. The van der Waals surface area contributed by atoms with Gasteiger partial charge in [-0.05, 0) is 58.4 Å². The van der Waals surface area contributed by atoms with Crippen LogP contribution in [0.25, 0.3) is 0 Å². The van der Waals surface area contributed by atoms with Crippen LogP contribution in [-0.4, -0.2) is 16.8 Å². The molecule has 1 amide bonds. The predicted octanol–water partition coefficient (Wildman–Crippen LogP) is 6.03. The van der Waals surface area contributed by atoms with Gasteiger partial charge in [-0.1, -0.05) is 44.0 Å². The number of benzene rings is 3. The number of hydrogen-bond acceptors (Lipinski definition) is 5. The van der Waals surface area contributed by atoms with Gasteiger partial charge in [-0.15, -0.1) is 0 Å². The molecule has 7 nitrogen and oxygen atoms in total. The van der Waals surface area contributed by atoms with Gasteiger partial charge in [0.1, 0.15) is 11.3 Å². The maximum absolute atomic E-state index is 12.6. The van der Waals surface area contributed by atoms with E-state index in [1.54, 1.807) is 42.5 Å². The standard InChI is InChI=1S/C21H13Br3N2O5/c22-14-7-5-12(6-8-14)21(28)31-19-13(9-15(23)10-17(19)24)11-25-20(27)16-3-1-2-4-18(16)26(29)30/h1-10H,11H2,(H,25,27). The molecular formula is C21H13Br3N2O5. The van der Waals surface area contributed by atoms with Crippen LogP contribution in [-0.2, 0) is 6.54 Å². The molecule has 0 aliphatic rings. The molecule has 0 unspecified atom stereocenters. The summed E-state index contributed by atoms with van der Waals surface area (Å²) in [5, 5.41) is 13.8. The molecule has 3 rings (SSSR count). The van der Waals surface area contributed by atoms with Crippen molar-refractivity contribution in [2.75, 3.05) is 0 Å². The van der Waals surface area contributed by atoms with Crippen LogP contribution in [0.2, 0.25) is 0 Å². The monoisotopic (exact) mass is 610 g/mol. The van der Waals surface area contributed by atoms with Gasteiger partial charge < -0.3 is 10.1 Å². The van der Waals surface area contributed by atoms with Crippen LogP contribution in [0.15, 0.2) is 74.1 Å². The third-order valence-corrected chi connectivity index (χ3v) is 5.72. The highest BCUT2D eigenvalue weighted by atomic mass is 79.9. The quantitative estimate of drug-likeness (QED) is 0.159. The zero-order chi connectivity index (χ0) is 22.5. The number of ether oxygens (including phenoxy) is 1. The van der Waals surface area contributed by atoms with Gasteiger partial charge in [-0.25, -0.2) is 4.79 Å². The molecule has 0 aliphatic heterocycles. The highest BCUT2D eigenvalue weighted by Crippen LogP contribution is 2.34. The van der Waals surface area contributed by atoms with Gasteiger partial charge >= 0.3 is 5.97 Å². The first-order chi connectivity index (χ1) is 14.8. The van der Waals surface area contributed by atoms with E-state index in [9.17, 15) is 19.7 Å². The van der Waals surface area contributed by atoms with Crippen molar-refractivity contribution in [3.8, 4) is 5.75 Å². The van der Waals surface area contributed by atoms with E-state index in [1.165, 1.54) is 18.2 Å². The topological polar surface area (TPSA) is 98.5 Å². The fraction of sp³-hybridized carbons (Fsp3) is 0.0476. The number of esters is 1. The first-order valence-electron chi connectivity index (χ1n) is 8.73. The molecular weight excluding hydrogens is 600 g/mol. The Balaban J connectivity index is 1.83. The van der Waals surface area contributed by atoms with E-state index in [1.807, 2.05) is 0 Å². The number of halogens is 3. The summed E-state index contributed by atoms with van der Waals surface area (Å²) in [5.74, 6) is -0.950. The maximum Gasteiger partial charge on any atom is 0.343 e. The molecule has 31 heavy (non-hydrogen) atoms. The molecule has 0 fully saturated rings. The van der Waals surface area contributed by atoms with Crippen LogP contribution in [0.5, 0.6) is 5.75 Å². The third-order valence-electron chi connectivity index (χ3n) is 4.14. The molecule has 0 aliphatic carbocycles. The maximum atomic E-state index is 12.6. The summed E-state index contributed by atoms with van der Waals surface area (Å²) in [5.41, 5.74) is 0.499. The van der Waals surface area contributed by atoms with E-state index in [2.05, 4.69) is 53.1 Å². The van der Waals surface area contributed by atoms with E-state index in [-0.39, 0.29) is 23.5 Å². The average molecular weight is 613 g/mol. The van der Waals surface area contributed by atoms with E-state index < -0.39 is 16.8 Å². The second kappa shape index (κ2) is 10.2. The molecule has 0 saturated heterocycles. The number of hydrogen-bond donors (Lipinski definition) is 1. The fourth-order valence-corrected chi connectivity index (χ4v) is 4.35. The summed E-state index contributed by atoms with van der Waals surface area (Å²) in [6, 6.07) is 15.7. The van der Waals surface area contributed by atoms with Crippen molar-refractivity contribution in [3.63, 3.8) is 0 Å². The van der Waals surface area contributed by atoms with Crippen LogP contribution in [0.1, 0.15) is 26.3 Å². The van der Waals surface area contributed by atoms with E-state index in [0.29, 0.717) is 20.1 Å². The van der Waals surface area contributed by atoms with Gasteiger partial charge in [0, 0.05) is 27.1 Å². The van der Waals surface area contributed by atoms with Crippen LogP contribution in [0, 0.1) is 10.1 Å². The lowest BCUT2D eigenvalue weighted by atomic mass is 10.1. The summed E-state index contributed by atoms with van der Waals surface area (Å²) in [4.78, 5) is 35.7. The number of nitrogens with zero attached hydrogens (tertiary/aromatic N) is 1. The summed E-state index contributed by atoms with van der Waals surface area (Å²) >= 11 is 10.1. The van der Waals surface area contributed by atoms with Gasteiger partial charge in [-0.3, -0.25) is 14.9 Å². The highest BCUT2D eigenvalue weighted by molar-refractivity contribution is 9.11. The summed E-state index contributed by atoms with van der Waals surface area (Å²) < 4.78 is 7.60. The summed E-state index contributed by atoms with van der Waals surface area (Å²) in [7, 11) is 0. The van der Waals surface area contributed by atoms with Crippen molar-refractivity contribution in [2.24, 2.45) is 0 Å². The van der Waals surface area contributed by atoms with Gasteiger partial charge in [0.25, 0.3) is 11.6 Å². The number of nitro groups is 1. The molecule has 0 spiro atoms. The molecule has 10 heteroatoms. The minimum absolute atomic E-state index is 0.0220. The van der Waals surface area contributed by atoms with Crippen molar-refractivity contribution in [1.29, 1.82) is 0 Å². The smallest absolute Gasteiger partial charge is 0.343 e. The van der Waals surface area contributed by atoms with Gasteiger partial charge in [0.2, 0.25) is 0 Å². The zero-order valence-electron chi connectivity index (χ0n) is 15.6. The number of para-hydroxylation sites is 1. The second-order valence-corrected chi connectivity index (χ2v) is 8.91. The number of carbonyl (C=O) groups excluding carboxylic acids is 2. The van der Waals surface area contributed by atoms with Crippen LogP contribution in [0.4, 0.5) is 5.69 Å². The highest BCUT2D eigenvalue weighted by Gasteiger charge is 2.21. The van der Waals surface area contributed by atoms with Crippen molar-refractivity contribution in [2.45, 2.75) is 6.54 Å². The van der Waals surface area contributed by atoms with E-state index in [4.69, 9.17) is 4.74 Å². The number of nitro benzene ring substituents is 1. The molecule has 0 bridgehead atoms. The molecule has 3 aromatic rings. The Morgan fingerprint density at radius 2 is 1.65 bits per heavy atom.